The minimum atomic E-state index is 0.367. The van der Waals surface area contributed by atoms with E-state index in [4.69, 9.17) is 4.74 Å². The molecule has 0 aromatic heterocycles. The first-order valence-corrected chi connectivity index (χ1v) is 7.52. The first kappa shape index (κ1) is 17.2. The molecule has 0 aliphatic carbocycles. The summed E-state index contributed by atoms with van der Waals surface area (Å²) in [6.07, 6.45) is 0. The zero-order chi connectivity index (χ0) is 15.0. The van der Waals surface area contributed by atoms with E-state index in [0.29, 0.717) is 12.0 Å². The molecule has 0 aliphatic heterocycles. The predicted octanol–water partition coefficient (Wildman–Crippen LogP) is 2.86. The number of hydrogen-bond acceptors (Lipinski definition) is 3. The first-order valence-electron chi connectivity index (χ1n) is 7.52. The van der Waals surface area contributed by atoms with Crippen molar-refractivity contribution in [3.8, 4) is 0 Å². The number of nitrogens with one attached hydrogen (secondary N) is 1. The van der Waals surface area contributed by atoms with Gasteiger partial charge >= 0.3 is 0 Å². The first-order chi connectivity index (χ1) is 9.58. The predicted molar refractivity (Wildman–Crippen MR) is 86.1 cm³/mol. The third-order valence-electron chi connectivity index (χ3n) is 3.59. The Morgan fingerprint density at radius 3 is 2.45 bits per heavy atom. The van der Waals surface area contributed by atoms with Gasteiger partial charge in [0.25, 0.3) is 0 Å². The molecular formula is C17H30N2O. The van der Waals surface area contributed by atoms with Crippen LogP contribution in [0.5, 0.6) is 0 Å². The molecule has 0 saturated heterocycles. The molecular weight excluding hydrogens is 248 g/mol. The largest absolute Gasteiger partial charge is 0.383 e. The van der Waals surface area contributed by atoms with E-state index in [0.717, 1.165) is 26.2 Å². The monoisotopic (exact) mass is 278 g/mol. The fraction of sp³-hybridized carbons (Fsp3) is 0.647. The van der Waals surface area contributed by atoms with Crippen molar-refractivity contribution in [2.75, 3.05) is 40.4 Å². The minimum Gasteiger partial charge on any atom is -0.383 e. The van der Waals surface area contributed by atoms with Crippen LogP contribution in [0.2, 0.25) is 0 Å². The van der Waals surface area contributed by atoms with Crippen molar-refractivity contribution in [2.24, 2.45) is 5.92 Å². The van der Waals surface area contributed by atoms with Crippen molar-refractivity contribution >= 4 is 0 Å². The van der Waals surface area contributed by atoms with Gasteiger partial charge in [0.2, 0.25) is 0 Å². The highest BCUT2D eigenvalue weighted by Gasteiger charge is 2.16. The SMILES string of the molecule is CNC(CN(CCOC)CC(C)C)c1ccccc1C. The van der Waals surface area contributed by atoms with Crippen LogP contribution in [-0.4, -0.2) is 45.3 Å². The maximum Gasteiger partial charge on any atom is 0.0589 e. The van der Waals surface area contributed by atoms with Crippen LogP contribution in [0.4, 0.5) is 0 Å². The van der Waals surface area contributed by atoms with Crippen LogP contribution in [0, 0.1) is 12.8 Å². The fourth-order valence-corrected chi connectivity index (χ4v) is 2.57. The number of rotatable bonds is 9. The molecule has 3 heteroatoms. The van der Waals surface area contributed by atoms with Gasteiger partial charge in [-0.15, -0.1) is 0 Å². The summed E-state index contributed by atoms with van der Waals surface area (Å²) >= 11 is 0. The van der Waals surface area contributed by atoms with Crippen LogP contribution in [0.25, 0.3) is 0 Å². The molecule has 0 saturated carbocycles. The lowest BCUT2D eigenvalue weighted by Gasteiger charge is -2.29. The summed E-state index contributed by atoms with van der Waals surface area (Å²) in [4.78, 5) is 2.49. The molecule has 0 spiro atoms. The van der Waals surface area contributed by atoms with E-state index in [1.54, 1.807) is 7.11 Å². The molecule has 114 valence electrons. The maximum atomic E-state index is 5.24. The van der Waals surface area contributed by atoms with Gasteiger partial charge in [-0.3, -0.25) is 4.90 Å². The van der Waals surface area contributed by atoms with Gasteiger partial charge in [0, 0.05) is 32.8 Å². The molecule has 0 heterocycles. The highest BCUT2D eigenvalue weighted by molar-refractivity contribution is 5.28. The van der Waals surface area contributed by atoms with Gasteiger partial charge in [0.1, 0.15) is 0 Å². The average molecular weight is 278 g/mol. The van der Waals surface area contributed by atoms with Crippen molar-refractivity contribution in [2.45, 2.75) is 26.8 Å². The summed E-state index contributed by atoms with van der Waals surface area (Å²) in [6, 6.07) is 8.99. The van der Waals surface area contributed by atoms with Gasteiger partial charge in [-0.2, -0.15) is 0 Å². The second-order valence-corrected chi connectivity index (χ2v) is 5.84. The van der Waals surface area contributed by atoms with Crippen molar-refractivity contribution in [1.82, 2.24) is 10.2 Å². The highest BCUT2D eigenvalue weighted by Crippen LogP contribution is 2.18. The molecule has 0 amide bonds. The molecule has 0 bridgehead atoms. The van der Waals surface area contributed by atoms with Gasteiger partial charge in [0.15, 0.2) is 0 Å². The second kappa shape index (κ2) is 9.11. The van der Waals surface area contributed by atoms with E-state index in [-0.39, 0.29) is 0 Å². The smallest absolute Gasteiger partial charge is 0.0589 e. The van der Waals surface area contributed by atoms with E-state index in [9.17, 15) is 0 Å². The minimum absolute atomic E-state index is 0.367. The number of aryl methyl sites for hydroxylation is 1. The Balaban J connectivity index is 2.74. The Kier molecular flexibility index (Phi) is 7.82. The Morgan fingerprint density at radius 2 is 1.90 bits per heavy atom. The van der Waals surface area contributed by atoms with Crippen LogP contribution >= 0.6 is 0 Å². The quantitative estimate of drug-likeness (QED) is 0.752. The number of methoxy groups -OCH3 is 1. The van der Waals surface area contributed by atoms with Crippen molar-refractivity contribution in [1.29, 1.82) is 0 Å². The summed E-state index contributed by atoms with van der Waals surface area (Å²) in [7, 11) is 3.81. The van der Waals surface area contributed by atoms with Gasteiger partial charge in [-0.05, 0) is 31.0 Å². The van der Waals surface area contributed by atoms with E-state index in [1.807, 2.05) is 7.05 Å². The maximum absolute atomic E-state index is 5.24. The third-order valence-corrected chi connectivity index (χ3v) is 3.59. The van der Waals surface area contributed by atoms with Crippen molar-refractivity contribution in [3.63, 3.8) is 0 Å². The van der Waals surface area contributed by atoms with Crippen LogP contribution in [0.3, 0.4) is 0 Å². The standard InChI is InChI=1S/C17H30N2O/c1-14(2)12-19(10-11-20-5)13-17(18-4)16-9-7-6-8-15(16)3/h6-9,14,17-18H,10-13H2,1-5H3. The highest BCUT2D eigenvalue weighted by atomic mass is 16.5. The molecule has 0 fully saturated rings. The molecule has 1 unspecified atom stereocenters. The van der Waals surface area contributed by atoms with E-state index in [2.05, 4.69) is 55.3 Å². The number of hydrogen-bond donors (Lipinski definition) is 1. The van der Waals surface area contributed by atoms with Crippen LogP contribution in [0.1, 0.15) is 31.0 Å². The third kappa shape index (κ3) is 5.61. The molecule has 20 heavy (non-hydrogen) atoms. The molecule has 3 nitrogen and oxygen atoms in total. The Labute approximate surface area is 124 Å². The second-order valence-electron chi connectivity index (χ2n) is 5.84. The van der Waals surface area contributed by atoms with Gasteiger partial charge in [-0.25, -0.2) is 0 Å². The van der Waals surface area contributed by atoms with Crippen molar-refractivity contribution < 1.29 is 4.74 Å². The Hall–Kier alpha value is -0.900. The molecule has 1 aromatic carbocycles. The van der Waals surface area contributed by atoms with Crippen LogP contribution in [-0.2, 0) is 4.74 Å². The molecule has 1 atom stereocenters. The molecule has 1 rings (SSSR count). The average Bonchev–Trinajstić information content (AvgIpc) is 2.42. The van der Waals surface area contributed by atoms with Gasteiger partial charge in [-0.1, -0.05) is 38.1 Å². The Bertz CT molecular complexity index is 379. The summed E-state index contributed by atoms with van der Waals surface area (Å²) in [5, 5.41) is 3.46. The fourth-order valence-electron chi connectivity index (χ4n) is 2.57. The number of benzene rings is 1. The molecule has 0 aliphatic rings. The van der Waals surface area contributed by atoms with Gasteiger partial charge in [0.05, 0.1) is 6.61 Å². The zero-order valence-corrected chi connectivity index (χ0v) is 13.6. The number of ether oxygens (including phenoxy) is 1. The zero-order valence-electron chi connectivity index (χ0n) is 13.6. The molecule has 1 N–H and O–H groups in total. The summed E-state index contributed by atoms with van der Waals surface area (Å²) in [5.41, 5.74) is 2.74. The topological polar surface area (TPSA) is 24.5 Å². The summed E-state index contributed by atoms with van der Waals surface area (Å²) in [6.45, 7) is 10.6. The van der Waals surface area contributed by atoms with Crippen molar-refractivity contribution in [3.05, 3.63) is 35.4 Å². The summed E-state index contributed by atoms with van der Waals surface area (Å²) in [5.74, 6) is 0.668. The van der Waals surface area contributed by atoms with Gasteiger partial charge < -0.3 is 10.1 Å². The van der Waals surface area contributed by atoms with E-state index >= 15 is 0 Å². The Morgan fingerprint density at radius 1 is 1.20 bits per heavy atom. The molecule has 0 radical (unpaired) electrons. The van der Waals surface area contributed by atoms with E-state index in [1.165, 1.54) is 11.1 Å². The lowest BCUT2D eigenvalue weighted by atomic mass is 10.0. The normalized spacial score (nSPS) is 13.2. The summed E-state index contributed by atoms with van der Waals surface area (Å²) < 4.78 is 5.24. The molecule has 1 aromatic rings. The van der Waals surface area contributed by atoms with Crippen LogP contribution < -0.4 is 5.32 Å². The van der Waals surface area contributed by atoms with Crippen LogP contribution in [0.15, 0.2) is 24.3 Å². The number of likely N-dealkylation sites (N-methyl/N-ethyl adjacent to an activating group) is 1. The lowest BCUT2D eigenvalue weighted by Crippen LogP contribution is -2.38. The number of nitrogens with zero attached hydrogens (tertiary/aromatic N) is 1. The lowest BCUT2D eigenvalue weighted by molar-refractivity contribution is 0.133. The van der Waals surface area contributed by atoms with E-state index < -0.39 is 0 Å².